The molecule has 0 aliphatic carbocycles. The van der Waals surface area contributed by atoms with Crippen LogP contribution in [0.15, 0.2) is 40.8 Å². The van der Waals surface area contributed by atoms with Gasteiger partial charge in [-0.2, -0.15) is 4.99 Å². The first-order chi connectivity index (χ1) is 9.06. The Morgan fingerprint density at radius 1 is 1.37 bits per heavy atom. The van der Waals surface area contributed by atoms with E-state index in [0.717, 1.165) is 10.5 Å². The number of aromatic nitrogens is 1. The highest BCUT2D eigenvalue weighted by atomic mass is 32.1. The van der Waals surface area contributed by atoms with Gasteiger partial charge in [-0.15, -0.1) is 11.3 Å². The number of thiazole rings is 1. The third-order valence-electron chi connectivity index (χ3n) is 2.50. The van der Waals surface area contributed by atoms with E-state index in [9.17, 15) is 4.79 Å². The molecule has 6 heteroatoms. The molecule has 1 aromatic heterocycles. The molecule has 2 rings (SSSR count). The van der Waals surface area contributed by atoms with Crippen LogP contribution >= 0.6 is 23.6 Å². The molecule has 4 nitrogen and oxygen atoms in total. The number of thiocarbonyl (C=S) groups is 1. The Kier molecular flexibility index (Phi) is 4.24. The molecule has 0 bridgehead atoms. The topological polar surface area (TPSA) is 46.4 Å². The molecule has 0 aliphatic heterocycles. The quantitative estimate of drug-likeness (QED) is 0.683. The molecular weight excluding hydrogens is 278 g/mol. The van der Waals surface area contributed by atoms with E-state index in [-0.39, 0.29) is 5.78 Å². The molecule has 1 heterocycles. The van der Waals surface area contributed by atoms with Crippen molar-refractivity contribution >= 4 is 40.1 Å². The molecule has 0 atom stereocenters. The van der Waals surface area contributed by atoms with Crippen molar-refractivity contribution in [1.82, 2.24) is 4.57 Å². The molecular formula is C13H13N3OS2. The number of hydrogen-bond donors (Lipinski definition) is 1. The van der Waals surface area contributed by atoms with Crippen molar-refractivity contribution in [3.8, 4) is 0 Å². The first kappa shape index (κ1) is 13.6. The van der Waals surface area contributed by atoms with Gasteiger partial charge < -0.3 is 9.88 Å². The van der Waals surface area contributed by atoms with Crippen molar-refractivity contribution in [3.05, 3.63) is 46.2 Å². The SMILES string of the molecule is CC(=O)c1ccc(NC(=S)N=c2sccn2C)cc1. The molecule has 98 valence electrons. The molecule has 0 spiro atoms. The van der Waals surface area contributed by atoms with Gasteiger partial charge in [-0.05, 0) is 43.4 Å². The van der Waals surface area contributed by atoms with Gasteiger partial charge in [0.1, 0.15) is 0 Å². The Hall–Kier alpha value is -1.79. The van der Waals surface area contributed by atoms with E-state index >= 15 is 0 Å². The van der Waals surface area contributed by atoms with E-state index in [4.69, 9.17) is 12.2 Å². The number of benzene rings is 1. The second kappa shape index (κ2) is 5.90. The zero-order valence-electron chi connectivity index (χ0n) is 10.6. The minimum Gasteiger partial charge on any atom is -0.331 e. The van der Waals surface area contributed by atoms with Crippen molar-refractivity contribution < 1.29 is 4.79 Å². The smallest absolute Gasteiger partial charge is 0.199 e. The van der Waals surface area contributed by atoms with Crippen molar-refractivity contribution in [2.24, 2.45) is 12.0 Å². The van der Waals surface area contributed by atoms with Gasteiger partial charge in [-0.3, -0.25) is 4.79 Å². The van der Waals surface area contributed by atoms with Crippen molar-refractivity contribution in [2.45, 2.75) is 6.92 Å². The van der Waals surface area contributed by atoms with Crippen molar-refractivity contribution in [2.75, 3.05) is 5.32 Å². The van der Waals surface area contributed by atoms with Gasteiger partial charge in [0, 0.05) is 29.9 Å². The number of ketones is 1. The van der Waals surface area contributed by atoms with Crippen LogP contribution < -0.4 is 10.1 Å². The standard InChI is InChI=1S/C13H13N3OS2/c1-9(17)10-3-5-11(6-4-10)14-12(18)15-13-16(2)7-8-19-13/h3-8H,1-2H3,(H,14,18). The second-order valence-electron chi connectivity index (χ2n) is 3.97. The van der Waals surface area contributed by atoms with Gasteiger partial charge >= 0.3 is 0 Å². The van der Waals surface area contributed by atoms with E-state index in [1.807, 2.05) is 35.3 Å². The molecule has 2 aromatic rings. The van der Waals surface area contributed by atoms with E-state index in [2.05, 4.69) is 10.3 Å². The van der Waals surface area contributed by atoms with Gasteiger partial charge in [-0.25, -0.2) is 0 Å². The zero-order valence-corrected chi connectivity index (χ0v) is 12.2. The van der Waals surface area contributed by atoms with Crippen LogP contribution in [0.2, 0.25) is 0 Å². The number of aryl methyl sites for hydroxylation is 1. The predicted molar refractivity (Wildman–Crippen MR) is 81.5 cm³/mol. The fraction of sp³-hybridized carbons (Fsp3) is 0.154. The summed E-state index contributed by atoms with van der Waals surface area (Å²) in [6.45, 7) is 1.54. The highest BCUT2D eigenvalue weighted by Crippen LogP contribution is 2.10. The number of carbonyl (C=O) groups excluding carboxylic acids is 1. The summed E-state index contributed by atoms with van der Waals surface area (Å²) in [6.07, 6.45) is 1.92. The highest BCUT2D eigenvalue weighted by molar-refractivity contribution is 7.80. The van der Waals surface area contributed by atoms with E-state index in [1.54, 1.807) is 19.1 Å². The monoisotopic (exact) mass is 291 g/mol. The Labute approximate surface area is 120 Å². The normalized spacial score (nSPS) is 11.4. The fourth-order valence-electron chi connectivity index (χ4n) is 1.46. The summed E-state index contributed by atoms with van der Waals surface area (Å²) in [6, 6.07) is 7.15. The first-order valence-corrected chi connectivity index (χ1v) is 6.92. The van der Waals surface area contributed by atoms with Crippen LogP contribution in [0.5, 0.6) is 0 Å². The number of carbonyl (C=O) groups is 1. The molecule has 0 fully saturated rings. The number of anilines is 1. The van der Waals surface area contributed by atoms with Gasteiger partial charge in [0.15, 0.2) is 15.7 Å². The summed E-state index contributed by atoms with van der Waals surface area (Å²) in [5.74, 6) is 0.0458. The highest BCUT2D eigenvalue weighted by Gasteiger charge is 2.00. The molecule has 0 saturated carbocycles. The van der Waals surface area contributed by atoms with Gasteiger partial charge in [-0.1, -0.05) is 0 Å². The average molecular weight is 291 g/mol. The van der Waals surface area contributed by atoms with Crippen LogP contribution in [0.4, 0.5) is 5.69 Å². The molecule has 19 heavy (non-hydrogen) atoms. The second-order valence-corrected chi connectivity index (χ2v) is 5.23. The lowest BCUT2D eigenvalue weighted by Crippen LogP contribution is -2.15. The number of Topliss-reactive ketones (excluding diaryl/α,β-unsaturated/α-hetero) is 1. The van der Waals surface area contributed by atoms with E-state index in [1.165, 1.54) is 11.3 Å². The summed E-state index contributed by atoms with van der Waals surface area (Å²) >= 11 is 6.70. The molecule has 0 amide bonds. The van der Waals surface area contributed by atoms with Gasteiger partial charge in [0.05, 0.1) is 0 Å². The third-order valence-corrected chi connectivity index (χ3v) is 3.54. The van der Waals surface area contributed by atoms with Crippen molar-refractivity contribution in [1.29, 1.82) is 0 Å². The average Bonchev–Trinajstić information content (AvgIpc) is 2.75. The summed E-state index contributed by atoms with van der Waals surface area (Å²) in [4.78, 5) is 16.3. The summed E-state index contributed by atoms with van der Waals surface area (Å²) in [5, 5.41) is 5.36. The summed E-state index contributed by atoms with van der Waals surface area (Å²) < 4.78 is 1.90. The zero-order chi connectivity index (χ0) is 13.8. The van der Waals surface area contributed by atoms with Crippen LogP contribution in [0.1, 0.15) is 17.3 Å². The van der Waals surface area contributed by atoms with E-state index in [0.29, 0.717) is 10.7 Å². The predicted octanol–water partition coefficient (Wildman–Crippen LogP) is 2.59. The molecule has 0 aliphatic rings. The minimum atomic E-state index is 0.0458. The van der Waals surface area contributed by atoms with Crippen LogP contribution in [-0.4, -0.2) is 15.5 Å². The number of rotatable bonds is 2. The van der Waals surface area contributed by atoms with Crippen molar-refractivity contribution in [3.63, 3.8) is 0 Å². The molecule has 1 N–H and O–H groups in total. The summed E-state index contributed by atoms with van der Waals surface area (Å²) in [5.41, 5.74) is 1.50. The van der Waals surface area contributed by atoms with Crippen LogP contribution in [0.25, 0.3) is 0 Å². The number of hydrogen-bond acceptors (Lipinski definition) is 3. The maximum atomic E-state index is 11.2. The maximum absolute atomic E-state index is 11.2. The van der Waals surface area contributed by atoms with Gasteiger partial charge in [0.25, 0.3) is 0 Å². The van der Waals surface area contributed by atoms with Gasteiger partial charge in [0.2, 0.25) is 0 Å². The molecule has 0 unspecified atom stereocenters. The Bertz CT molecular complexity index is 668. The lowest BCUT2D eigenvalue weighted by Gasteiger charge is -2.04. The largest absolute Gasteiger partial charge is 0.331 e. The Balaban J connectivity index is 2.12. The molecule has 1 aromatic carbocycles. The van der Waals surface area contributed by atoms with Crippen LogP contribution in [-0.2, 0) is 7.05 Å². The lowest BCUT2D eigenvalue weighted by molar-refractivity contribution is 0.101. The summed E-state index contributed by atoms with van der Waals surface area (Å²) in [7, 11) is 1.92. The Morgan fingerprint density at radius 2 is 2.05 bits per heavy atom. The number of nitrogens with zero attached hydrogens (tertiary/aromatic N) is 2. The molecule has 0 saturated heterocycles. The number of nitrogens with one attached hydrogen (secondary N) is 1. The molecule has 0 radical (unpaired) electrons. The third kappa shape index (κ3) is 3.59. The lowest BCUT2D eigenvalue weighted by atomic mass is 10.1. The van der Waals surface area contributed by atoms with Crippen LogP contribution in [0, 0.1) is 0 Å². The maximum Gasteiger partial charge on any atom is 0.199 e. The van der Waals surface area contributed by atoms with E-state index < -0.39 is 0 Å². The minimum absolute atomic E-state index is 0.0458. The Morgan fingerprint density at radius 3 is 2.58 bits per heavy atom. The van der Waals surface area contributed by atoms with Crippen LogP contribution in [0.3, 0.4) is 0 Å². The first-order valence-electron chi connectivity index (χ1n) is 5.63. The fourth-order valence-corrected chi connectivity index (χ4v) is 2.46.